The van der Waals surface area contributed by atoms with E-state index in [9.17, 15) is 18.0 Å². The minimum atomic E-state index is -4.20. The molecule has 0 heterocycles. The molecule has 0 aliphatic heterocycles. The molecule has 0 fully saturated rings. The Balaban J connectivity index is 1.84. The summed E-state index contributed by atoms with van der Waals surface area (Å²) in [4.78, 5) is 29.3. The lowest BCUT2D eigenvalue weighted by atomic mass is 10.0. The van der Waals surface area contributed by atoms with Crippen LogP contribution in [0, 0.1) is 20.8 Å². The van der Waals surface area contributed by atoms with Crippen LogP contribution in [-0.4, -0.2) is 44.8 Å². The van der Waals surface area contributed by atoms with Gasteiger partial charge in [0.2, 0.25) is 11.8 Å². The van der Waals surface area contributed by atoms with Crippen molar-refractivity contribution in [3.05, 3.63) is 129 Å². The number of sulfonamides is 1. The summed E-state index contributed by atoms with van der Waals surface area (Å²) in [6.45, 7) is 4.91. The van der Waals surface area contributed by atoms with Gasteiger partial charge in [-0.15, -0.1) is 0 Å². The lowest BCUT2D eigenvalue weighted by Gasteiger charge is -2.34. The summed E-state index contributed by atoms with van der Waals surface area (Å²) < 4.78 is 29.5. The summed E-state index contributed by atoms with van der Waals surface area (Å²) in [6, 6.07) is 25.1. The van der Waals surface area contributed by atoms with E-state index >= 15 is 0 Å². The molecule has 2 amide bonds. The van der Waals surface area contributed by atoms with Crippen LogP contribution >= 0.6 is 23.2 Å². The highest BCUT2D eigenvalue weighted by molar-refractivity contribution is 7.92. The molecule has 10 heteroatoms. The van der Waals surface area contributed by atoms with E-state index in [-0.39, 0.29) is 17.9 Å². The van der Waals surface area contributed by atoms with Crippen molar-refractivity contribution in [1.82, 2.24) is 10.2 Å². The lowest BCUT2D eigenvalue weighted by molar-refractivity contribution is -0.139. The first-order valence-corrected chi connectivity index (χ1v) is 16.3. The topological polar surface area (TPSA) is 86.8 Å². The fraction of sp³-hybridized carbons (Fsp3) is 0.235. The Kier molecular flexibility index (Phi) is 10.7. The van der Waals surface area contributed by atoms with Gasteiger partial charge in [-0.3, -0.25) is 13.9 Å². The van der Waals surface area contributed by atoms with E-state index < -0.39 is 34.4 Å². The highest BCUT2D eigenvalue weighted by Crippen LogP contribution is 2.30. The minimum Gasteiger partial charge on any atom is -0.357 e. The van der Waals surface area contributed by atoms with Crippen LogP contribution in [0.5, 0.6) is 0 Å². The molecule has 1 N–H and O–H groups in total. The zero-order valence-corrected chi connectivity index (χ0v) is 27.4. The Hall–Kier alpha value is -3.85. The maximum Gasteiger partial charge on any atom is 0.264 e. The summed E-state index contributed by atoms with van der Waals surface area (Å²) in [5, 5.41) is 3.31. The number of nitrogens with one attached hydrogen (secondary N) is 1. The number of amides is 2. The maximum absolute atomic E-state index is 14.5. The molecule has 0 bridgehead atoms. The first-order valence-electron chi connectivity index (χ1n) is 14.1. The number of hydrogen-bond acceptors (Lipinski definition) is 4. The van der Waals surface area contributed by atoms with E-state index in [0.29, 0.717) is 21.3 Å². The molecular weight excluding hydrogens is 617 g/mol. The first-order chi connectivity index (χ1) is 20.9. The summed E-state index contributed by atoms with van der Waals surface area (Å²) in [5.41, 5.74) is 4.18. The zero-order chi connectivity index (χ0) is 32.0. The van der Waals surface area contributed by atoms with Crippen molar-refractivity contribution >= 4 is 50.7 Å². The monoisotopic (exact) mass is 651 g/mol. The van der Waals surface area contributed by atoms with Crippen LogP contribution in [0.1, 0.15) is 27.8 Å². The lowest BCUT2D eigenvalue weighted by Crippen LogP contribution is -2.53. The molecule has 0 aromatic heterocycles. The predicted molar refractivity (Wildman–Crippen MR) is 177 cm³/mol. The maximum atomic E-state index is 14.5. The van der Waals surface area contributed by atoms with Crippen LogP contribution in [0.2, 0.25) is 10.0 Å². The fourth-order valence-electron chi connectivity index (χ4n) is 5.04. The van der Waals surface area contributed by atoms with Gasteiger partial charge in [0, 0.05) is 35.6 Å². The molecule has 0 unspecified atom stereocenters. The second-order valence-corrected chi connectivity index (χ2v) is 13.4. The quantitative estimate of drug-likeness (QED) is 0.201. The van der Waals surface area contributed by atoms with Crippen LogP contribution in [0.15, 0.2) is 95.9 Å². The van der Waals surface area contributed by atoms with Gasteiger partial charge in [0.15, 0.2) is 0 Å². The molecule has 0 spiro atoms. The van der Waals surface area contributed by atoms with Crippen LogP contribution in [-0.2, 0) is 32.6 Å². The van der Waals surface area contributed by atoms with E-state index in [1.807, 2.05) is 57.2 Å². The predicted octanol–water partition coefficient (Wildman–Crippen LogP) is 6.50. The molecule has 4 rings (SSSR count). The summed E-state index contributed by atoms with van der Waals surface area (Å²) >= 11 is 13.1. The highest BCUT2D eigenvalue weighted by atomic mass is 35.5. The number of halogens is 2. The average molecular weight is 653 g/mol. The van der Waals surface area contributed by atoms with Crippen LogP contribution < -0.4 is 9.62 Å². The molecule has 0 aliphatic rings. The summed E-state index contributed by atoms with van der Waals surface area (Å²) in [5.74, 6) is -1.01. The Labute approximate surface area is 269 Å². The summed E-state index contributed by atoms with van der Waals surface area (Å²) in [6.07, 6.45) is 0.183. The molecule has 0 radical (unpaired) electrons. The van der Waals surface area contributed by atoms with Gasteiger partial charge in [0.25, 0.3) is 10.0 Å². The van der Waals surface area contributed by atoms with E-state index in [4.69, 9.17) is 23.2 Å². The van der Waals surface area contributed by atoms with Gasteiger partial charge in [-0.05, 0) is 73.9 Å². The number of nitrogens with zero attached hydrogens (tertiary/aromatic N) is 2. The van der Waals surface area contributed by atoms with Crippen molar-refractivity contribution in [2.45, 2.75) is 44.7 Å². The van der Waals surface area contributed by atoms with Crippen molar-refractivity contribution in [1.29, 1.82) is 0 Å². The van der Waals surface area contributed by atoms with E-state index in [1.165, 1.54) is 24.1 Å². The van der Waals surface area contributed by atoms with Crippen molar-refractivity contribution in [2.24, 2.45) is 0 Å². The fourth-order valence-corrected chi connectivity index (χ4v) is 6.95. The molecule has 7 nitrogen and oxygen atoms in total. The number of anilines is 1. The van der Waals surface area contributed by atoms with Gasteiger partial charge in [-0.25, -0.2) is 8.42 Å². The van der Waals surface area contributed by atoms with Gasteiger partial charge < -0.3 is 10.2 Å². The van der Waals surface area contributed by atoms with E-state index in [0.717, 1.165) is 26.6 Å². The number of carbonyl (C=O) groups is 2. The molecule has 0 saturated heterocycles. The smallest absolute Gasteiger partial charge is 0.264 e. The molecule has 4 aromatic carbocycles. The van der Waals surface area contributed by atoms with E-state index in [2.05, 4.69) is 5.32 Å². The number of hydrogen-bond donors (Lipinski definition) is 1. The van der Waals surface area contributed by atoms with Crippen LogP contribution in [0.25, 0.3) is 0 Å². The number of likely N-dealkylation sites (N-methyl/N-ethyl adjacent to an activating group) is 1. The van der Waals surface area contributed by atoms with Crippen molar-refractivity contribution in [2.75, 3.05) is 17.9 Å². The van der Waals surface area contributed by atoms with Crippen LogP contribution in [0.3, 0.4) is 0 Å². The Bertz CT molecular complexity index is 1710. The molecule has 1 atom stereocenters. The second-order valence-electron chi connectivity index (χ2n) is 10.7. The van der Waals surface area contributed by atoms with Crippen molar-refractivity contribution in [3.63, 3.8) is 0 Å². The Morgan fingerprint density at radius 3 is 1.95 bits per heavy atom. The average Bonchev–Trinajstić information content (AvgIpc) is 2.98. The normalized spacial score (nSPS) is 12.0. The third-order valence-corrected chi connectivity index (χ3v) is 9.79. The Morgan fingerprint density at radius 2 is 1.39 bits per heavy atom. The number of aryl methyl sites for hydroxylation is 3. The van der Waals surface area contributed by atoms with Gasteiger partial charge in [-0.1, -0.05) is 83.4 Å². The highest BCUT2D eigenvalue weighted by Gasteiger charge is 2.35. The van der Waals surface area contributed by atoms with Crippen LogP contribution in [0.4, 0.5) is 5.69 Å². The second kappa shape index (κ2) is 14.3. The third-order valence-electron chi connectivity index (χ3n) is 7.29. The van der Waals surface area contributed by atoms with Crippen molar-refractivity contribution < 1.29 is 18.0 Å². The molecular formula is C34H35Cl2N3O4S. The molecule has 4 aromatic rings. The molecule has 0 saturated carbocycles. The van der Waals surface area contributed by atoms with Gasteiger partial charge >= 0.3 is 0 Å². The molecule has 0 aliphatic carbocycles. The largest absolute Gasteiger partial charge is 0.357 e. The Morgan fingerprint density at radius 1 is 0.795 bits per heavy atom. The third kappa shape index (κ3) is 7.80. The van der Waals surface area contributed by atoms with Gasteiger partial charge in [0.1, 0.15) is 12.6 Å². The SMILES string of the molecule is CNC(=O)[C@H](Cc1ccccc1)N(Cc1c(Cl)cccc1Cl)C(=O)CN(c1cc(C)cc(C)c1)S(=O)(=O)c1ccc(C)cc1. The number of rotatable bonds is 11. The summed E-state index contributed by atoms with van der Waals surface area (Å²) in [7, 11) is -2.70. The number of carbonyl (C=O) groups excluding carboxylic acids is 2. The molecule has 44 heavy (non-hydrogen) atoms. The number of benzene rings is 4. The van der Waals surface area contributed by atoms with E-state index in [1.54, 1.807) is 42.5 Å². The van der Waals surface area contributed by atoms with Gasteiger partial charge in [0.05, 0.1) is 10.6 Å². The first kappa shape index (κ1) is 33.1. The van der Waals surface area contributed by atoms with Crippen molar-refractivity contribution in [3.8, 4) is 0 Å². The zero-order valence-electron chi connectivity index (χ0n) is 25.1. The minimum absolute atomic E-state index is 0.0443. The molecule has 230 valence electrons. The standard InChI is InChI=1S/C34H35Cl2N3O4S/c1-23-13-15-28(16-14-23)44(42,43)39(27-18-24(2)17-25(3)19-27)22-33(40)38(21-29-30(35)11-8-12-31(29)36)32(34(41)37-4)20-26-9-6-5-7-10-26/h5-19,32H,20-22H2,1-4H3,(H,37,41)/t32-/m0/s1. The van der Waals surface area contributed by atoms with Gasteiger partial charge in [-0.2, -0.15) is 0 Å².